The minimum atomic E-state index is -4.52. The molecule has 9 heteroatoms. The molecule has 2 aromatic carbocycles. The highest BCUT2D eigenvalue weighted by Gasteiger charge is 2.32. The molecular formula is C24H20F3N5O. The second-order valence-corrected chi connectivity index (χ2v) is 8.05. The average Bonchev–Trinajstić information content (AvgIpc) is 3.27. The number of aromatic nitrogens is 3. The predicted molar refractivity (Wildman–Crippen MR) is 118 cm³/mol. The summed E-state index contributed by atoms with van der Waals surface area (Å²) < 4.78 is 46.3. The molecule has 6 nitrogen and oxygen atoms in total. The Morgan fingerprint density at radius 2 is 1.82 bits per heavy atom. The number of anilines is 2. The SMILES string of the molecule is CN1CCc2ccc(Nc3nnc(-c4cc(-c5cccnc5)cc(C(F)(F)F)c4)o3)cc2C1. The van der Waals surface area contributed by atoms with Gasteiger partial charge in [-0.15, -0.1) is 5.10 Å². The van der Waals surface area contributed by atoms with Crippen LogP contribution < -0.4 is 5.32 Å². The molecule has 0 saturated heterocycles. The summed E-state index contributed by atoms with van der Waals surface area (Å²) in [7, 11) is 2.07. The first-order valence-corrected chi connectivity index (χ1v) is 10.4. The van der Waals surface area contributed by atoms with Gasteiger partial charge in [-0.2, -0.15) is 13.2 Å². The maximum Gasteiger partial charge on any atom is 0.416 e. The summed E-state index contributed by atoms with van der Waals surface area (Å²) in [4.78, 5) is 6.24. The van der Waals surface area contributed by atoms with Gasteiger partial charge in [0.1, 0.15) is 0 Å². The van der Waals surface area contributed by atoms with E-state index in [0.717, 1.165) is 37.3 Å². The van der Waals surface area contributed by atoms with E-state index in [9.17, 15) is 13.2 Å². The number of nitrogens with zero attached hydrogens (tertiary/aromatic N) is 4. The summed E-state index contributed by atoms with van der Waals surface area (Å²) in [5, 5.41) is 11.0. The zero-order valence-corrected chi connectivity index (χ0v) is 17.7. The van der Waals surface area contributed by atoms with Gasteiger partial charge in [0, 0.05) is 42.3 Å². The Labute approximate surface area is 188 Å². The van der Waals surface area contributed by atoms with Crippen LogP contribution in [0.4, 0.5) is 24.9 Å². The molecule has 2 aromatic heterocycles. The highest BCUT2D eigenvalue weighted by molar-refractivity contribution is 5.71. The summed E-state index contributed by atoms with van der Waals surface area (Å²) in [6.45, 7) is 1.87. The molecule has 3 heterocycles. The van der Waals surface area contributed by atoms with Crippen molar-refractivity contribution in [2.75, 3.05) is 18.9 Å². The highest BCUT2D eigenvalue weighted by Crippen LogP contribution is 2.36. The summed E-state index contributed by atoms with van der Waals surface area (Å²) >= 11 is 0. The van der Waals surface area contributed by atoms with Crippen molar-refractivity contribution in [3.63, 3.8) is 0 Å². The number of fused-ring (bicyclic) bond motifs is 1. The number of likely N-dealkylation sites (N-methyl/N-ethyl adjacent to an activating group) is 1. The molecular weight excluding hydrogens is 431 g/mol. The third kappa shape index (κ3) is 4.58. The van der Waals surface area contributed by atoms with Crippen LogP contribution in [0.15, 0.2) is 65.3 Å². The second kappa shape index (κ2) is 8.32. The van der Waals surface area contributed by atoms with Gasteiger partial charge in [0.2, 0.25) is 5.89 Å². The summed E-state index contributed by atoms with van der Waals surface area (Å²) in [5.74, 6) is -0.00793. The largest absolute Gasteiger partial charge is 0.416 e. The Morgan fingerprint density at radius 3 is 2.61 bits per heavy atom. The van der Waals surface area contributed by atoms with E-state index < -0.39 is 11.7 Å². The first-order valence-electron chi connectivity index (χ1n) is 10.4. The standard InChI is InChI=1S/C24H20F3N5O/c1-32-8-6-15-4-5-21(12-19(15)14-32)29-23-31-30-22(33-23)18-9-17(16-3-2-7-28-13-16)10-20(11-18)24(25,26)27/h2-5,7,9-13H,6,8,14H2,1H3,(H,29,31). The fourth-order valence-corrected chi connectivity index (χ4v) is 3.90. The van der Waals surface area contributed by atoms with Crippen LogP contribution in [0.3, 0.4) is 0 Å². The topological polar surface area (TPSA) is 67.1 Å². The van der Waals surface area contributed by atoms with Gasteiger partial charge in [0.05, 0.1) is 5.56 Å². The number of rotatable bonds is 4. The van der Waals surface area contributed by atoms with Crippen molar-refractivity contribution in [1.82, 2.24) is 20.1 Å². The van der Waals surface area contributed by atoms with E-state index in [1.54, 1.807) is 24.4 Å². The summed E-state index contributed by atoms with van der Waals surface area (Å²) in [6.07, 6.45) is -0.462. The fraction of sp³-hybridized carbons (Fsp3) is 0.208. The van der Waals surface area contributed by atoms with E-state index in [-0.39, 0.29) is 17.5 Å². The Morgan fingerprint density at radius 1 is 0.970 bits per heavy atom. The van der Waals surface area contributed by atoms with Crippen LogP contribution >= 0.6 is 0 Å². The van der Waals surface area contributed by atoms with Gasteiger partial charge in [0.15, 0.2) is 0 Å². The minimum absolute atomic E-state index is 0.00793. The lowest BCUT2D eigenvalue weighted by molar-refractivity contribution is -0.137. The van der Waals surface area contributed by atoms with Crippen molar-refractivity contribution in [2.24, 2.45) is 0 Å². The lowest BCUT2D eigenvalue weighted by atomic mass is 9.99. The molecule has 0 amide bonds. The predicted octanol–water partition coefficient (Wildman–Crippen LogP) is 5.55. The fourth-order valence-electron chi connectivity index (χ4n) is 3.90. The molecule has 168 valence electrons. The molecule has 0 atom stereocenters. The monoisotopic (exact) mass is 451 g/mol. The number of hydrogen-bond acceptors (Lipinski definition) is 6. The van der Waals surface area contributed by atoms with E-state index in [1.165, 1.54) is 17.3 Å². The highest BCUT2D eigenvalue weighted by atomic mass is 19.4. The summed E-state index contributed by atoms with van der Waals surface area (Å²) in [6, 6.07) is 13.2. The molecule has 0 fully saturated rings. The van der Waals surface area contributed by atoms with Gasteiger partial charge in [0.25, 0.3) is 0 Å². The number of pyridine rings is 1. The number of alkyl halides is 3. The van der Waals surface area contributed by atoms with Crippen LogP contribution in [-0.2, 0) is 19.1 Å². The third-order valence-corrected chi connectivity index (χ3v) is 5.59. The van der Waals surface area contributed by atoms with Gasteiger partial charge < -0.3 is 14.6 Å². The zero-order chi connectivity index (χ0) is 23.0. The summed E-state index contributed by atoms with van der Waals surface area (Å²) in [5.41, 5.74) is 3.59. The van der Waals surface area contributed by atoms with Crippen molar-refractivity contribution in [3.8, 4) is 22.6 Å². The Hall–Kier alpha value is -3.72. The molecule has 0 saturated carbocycles. The maximum atomic E-state index is 13.5. The molecule has 0 unspecified atom stereocenters. The molecule has 0 radical (unpaired) electrons. The lowest BCUT2D eigenvalue weighted by Crippen LogP contribution is -2.26. The molecule has 0 spiro atoms. The van der Waals surface area contributed by atoms with Gasteiger partial charge in [-0.05, 0) is 66.6 Å². The number of benzene rings is 2. The van der Waals surface area contributed by atoms with E-state index in [4.69, 9.17) is 4.42 Å². The molecule has 33 heavy (non-hydrogen) atoms. The van der Waals surface area contributed by atoms with Crippen LogP contribution in [0.25, 0.3) is 22.6 Å². The number of nitrogens with one attached hydrogen (secondary N) is 1. The molecule has 0 aliphatic carbocycles. The molecule has 5 rings (SSSR count). The maximum absolute atomic E-state index is 13.5. The first-order chi connectivity index (χ1) is 15.8. The van der Waals surface area contributed by atoms with Crippen molar-refractivity contribution in [2.45, 2.75) is 19.1 Å². The van der Waals surface area contributed by atoms with E-state index in [2.05, 4.69) is 38.5 Å². The van der Waals surface area contributed by atoms with Crippen LogP contribution in [0.5, 0.6) is 0 Å². The van der Waals surface area contributed by atoms with E-state index in [1.807, 2.05) is 12.1 Å². The second-order valence-electron chi connectivity index (χ2n) is 8.05. The van der Waals surface area contributed by atoms with Crippen molar-refractivity contribution < 1.29 is 17.6 Å². The molecule has 0 bridgehead atoms. The molecule has 1 aliphatic heterocycles. The van der Waals surface area contributed by atoms with Crippen molar-refractivity contribution in [3.05, 3.63) is 77.6 Å². The molecule has 1 N–H and O–H groups in total. The molecule has 4 aromatic rings. The zero-order valence-electron chi connectivity index (χ0n) is 17.7. The van der Waals surface area contributed by atoms with E-state index >= 15 is 0 Å². The Kier molecular flexibility index (Phi) is 5.33. The minimum Gasteiger partial charge on any atom is -0.403 e. The van der Waals surface area contributed by atoms with Crippen molar-refractivity contribution >= 4 is 11.7 Å². The van der Waals surface area contributed by atoms with Crippen LogP contribution in [0.2, 0.25) is 0 Å². The van der Waals surface area contributed by atoms with Gasteiger partial charge in [-0.25, -0.2) is 0 Å². The lowest BCUT2D eigenvalue weighted by Gasteiger charge is -2.25. The van der Waals surface area contributed by atoms with Gasteiger partial charge >= 0.3 is 12.2 Å². The van der Waals surface area contributed by atoms with Crippen molar-refractivity contribution in [1.29, 1.82) is 0 Å². The van der Waals surface area contributed by atoms with Gasteiger partial charge in [-0.1, -0.05) is 17.2 Å². The van der Waals surface area contributed by atoms with E-state index in [0.29, 0.717) is 11.1 Å². The number of halogens is 3. The third-order valence-electron chi connectivity index (χ3n) is 5.59. The average molecular weight is 451 g/mol. The van der Waals surface area contributed by atoms with Crippen LogP contribution in [-0.4, -0.2) is 33.7 Å². The quantitative estimate of drug-likeness (QED) is 0.439. The first kappa shape index (κ1) is 21.1. The molecule has 1 aliphatic rings. The smallest absolute Gasteiger partial charge is 0.403 e. The Balaban J connectivity index is 1.45. The normalized spacial score (nSPS) is 14.2. The van der Waals surface area contributed by atoms with Crippen LogP contribution in [0.1, 0.15) is 16.7 Å². The van der Waals surface area contributed by atoms with Gasteiger partial charge in [-0.3, -0.25) is 4.98 Å². The Bertz CT molecular complexity index is 1290. The number of hydrogen-bond donors (Lipinski definition) is 1. The van der Waals surface area contributed by atoms with Crippen LogP contribution in [0, 0.1) is 0 Å².